The smallest absolute Gasteiger partial charge is 0.354 e. The van der Waals surface area contributed by atoms with Crippen molar-refractivity contribution in [2.75, 3.05) is 6.61 Å². The van der Waals surface area contributed by atoms with Crippen LogP contribution in [0.5, 0.6) is 0 Å². The molecule has 3 heteroatoms. The van der Waals surface area contributed by atoms with Crippen LogP contribution in [0.25, 0.3) is 10.9 Å². The molecule has 0 saturated carbocycles. The summed E-state index contributed by atoms with van der Waals surface area (Å²) < 4.78 is 5.05. The van der Waals surface area contributed by atoms with Crippen LogP contribution in [0.2, 0.25) is 0 Å². The molecule has 0 radical (unpaired) electrons. The van der Waals surface area contributed by atoms with Crippen LogP contribution >= 0.6 is 0 Å². The van der Waals surface area contributed by atoms with Crippen LogP contribution in [0.3, 0.4) is 0 Å². The third kappa shape index (κ3) is 2.82. The molecule has 0 spiro atoms. The third-order valence-electron chi connectivity index (χ3n) is 3.48. The highest BCUT2D eigenvalue weighted by Crippen LogP contribution is 2.22. The molecule has 0 atom stereocenters. The van der Waals surface area contributed by atoms with Crippen molar-refractivity contribution in [2.24, 2.45) is 0 Å². The van der Waals surface area contributed by atoms with Gasteiger partial charge in [-0.15, -0.1) is 0 Å². The van der Waals surface area contributed by atoms with E-state index in [-0.39, 0.29) is 5.97 Å². The summed E-state index contributed by atoms with van der Waals surface area (Å²) in [7, 11) is 0. The Morgan fingerprint density at radius 1 is 1.10 bits per heavy atom. The van der Waals surface area contributed by atoms with Crippen molar-refractivity contribution in [3.8, 4) is 0 Å². The highest BCUT2D eigenvalue weighted by atomic mass is 16.5. The van der Waals surface area contributed by atoms with Crippen LogP contribution in [0.15, 0.2) is 54.6 Å². The monoisotopic (exact) mass is 279 g/mol. The molecule has 21 heavy (non-hydrogen) atoms. The van der Waals surface area contributed by atoms with E-state index in [1.807, 2.05) is 36.4 Å². The Morgan fingerprint density at radius 2 is 1.90 bits per heavy atom. The molecular formula is C18H17NO2. The molecule has 0 saturated heterocycles. The maximum absolute atomic E-state index is 11.8. The van der Waals surface area contributed by atoms with E-state index in [0.29, 0.717) is 12.3 Å². The molecule has 0 bridgehead atoms. The van der Waals surface area contributed by atoms with Gasteiger partial charge in [0.2, 0.25) is 0 Å². The second-order valence-corrected chi connectivity index (χ2v) is 4.95. The second-order valence-electron chi connectivity index (χ2n) is 4.95. The molecular weight excluding hydrogens is 262 g/mol. The number of aromatic amines is 1. The summed E-state index contributed by atoms with van der Waals surface area (Å²) in [6.07, 6.45) is 0.834. The number of hydrogen-bond donors (Lipinski definition) is 1. The molecule has 2 aromatic carbocycles. The Labute approximate surface area is 123 Å². The molecule has 1 aromatic heterocycles. The van der Waals surface area contributed by atoms with Crippen LogP contribution in [-0.4, -0.2) is 17.6 Å². The first-order chi connectivity index (χ1) is 10.3. The molecule has 0 aliphatic carbocycles. The molecule has 3 rings (SSSR count). The number of fused-ring (bicyclic) bond motifs is 1. The van der Waals surface area contributed by atoms with Gasteiger partial charge in [0.15, 0.2) is 0 Å². The lowest BCUT2D eigenvalue weighted by atomic mass is 10.0. The largest absolute Gasteiger partial charge is 0.461 e. The first-order valence-corrected chi connectivity index (χ1v) is 7.09. The summed E-state index contributed by atoms with van der Waals surface area (Å²) in [4.78, 5) is 15.0. The maximum Gasteiger partial charge on any atom is 0.354 e. The normalized spacial score (nSPS) is 10.7. The summed E-state index contributed by atoms with van der Waals surface area (Å²) >= 11 is 0. The fraction of sp³-hybridized carbons (Fsp3) is 0.167. The lowest BCUT2D eigenvalue weighted by molar-refractivity contribution is 0.0520. The zero-order chi connectivity index (χ0) is 14.7. The molecule has 3 nitrogen and oxygen atoms in total. The first kappa shape index (κ1) is 13.4. The Morgan fingerprint density at radius 3 is 2.67 bits per heavy atom. The van der Waals surface area contributed by atoms with Gasteiger partial charge in [-0.05, 0) is 30.5 Å². The zero-order valence-electron chi connectivity index (χ0n) is 11.9. The van der Waals surface area contributed by atoms with E-state index >= 15 is 0 Å². The van der Waals surface area contributed by atoms with Gasteiger partial charge in [0.05, 0.1) is 6.61 Å². The molecule has 106 valence electrons. The van der Waals surface area contributed by atoms with Gasteiger partial charge in [-0.1, -0.05) is 48.5 Å². The minimum Gasteiger partial charge on any atom is -0.461 e. The van der Waals surface area contributed by atoms with E-state index in [1.54, 1.807) is 6.92 Å². The molecule has 0 unspecified atom stereocenters. The van der Waals surface area contributed by atoms with Gasteiger partial charge >= 0.3 is 5.97 Å². The van der Waals surface area contributed by atoms with E-state index in [1.165, 1.54) is 11.1 Å². The van der Waals surface area contributed by atoms with E-state index in [9.17, 15) is 4.79 Å². The minimum atomic E-state index is -0.306. The van der Waals surface area contributed by atoms with Gasteiger partial charge in [-0.25, -0.2) is 4.79 Å². The second kappa shape index (κ2) is 5.83. The average molecular weight is 279 g/mol. The average Bonchev–Trinajstić information content (AvgIpc) is 2.94. The number of hydrogen-bond acceptors (Lipinski definition) is 2. The van der Waals surface area contributed by atoms with Crippen molar-refractivity contribution in [1.29, 1.82) is 0 Å². The molecule has 0 aliphatic heterocycles. The quantitative estimate of drug-likeness (QED) is 0.735. The fourth-order valence-corrected chi connectivity index (χ4v) is 2.50. The Hall–Kier alpha value is -2.55. The van der Waals surface area contributed by atoms with E-state index in [0.717, 1.165) is 17.3 Å². The van der Waals surface area contributed by atoms with Crippen LogP contribution < -0.4 is 0 Å². The summed E-state index contributed by atoms with van der Waals surface area (Å²) in [5.41, 5.74) is 3.93. The minimum absolute atomic E-state index is 0.306. The number of carbonyl (C=O) groups is 1. The topological polar surface area (TPSA) is 42.1 Å². The van der Waals surface area contributed by atoms with Gasteiger partial charge in [0.1, 0.15) is 5.69 Å². The third-order valence-corrected chi connectivity index (χ3v) is 3.48. The molecule has 0 amide bonds. The van der Waals surface area contributed by atoms with E-state index in [4.69, 9.17) is 4.74 Å². The van der Waals surface area contributed by atoms with Crippen molar-refractivity contribution >= 4 is 16.9 Å². The van der Waals surface area contributed by atoms with E-state index < -0.39 is 0 Å². The van der Waals surface area contributed by atoms with Crippen molar-refractivity contribution in [2.45, 2.75) is 13.3 Å². The van der Waals surface area contributed by atoms with Crippen LogP contribution in [0, 0.1) is 0 Å². The van der Waals surface area contributed by atoms with Crippen LogP contribution in [-0.2, 0) is 11.2 Å². The summed E-state index contributed by atoms with van der Waals surface area (Å²) in [5, 5.41) is 1.03. The zero-order valence-corrected chi connectivity index (χ0v) is 11.9. The number of para-hydroxylation sites is 1. The van der Waals surface area contributed by atoms with Crippen LogP contribution in [0.4, 0.5) is 0 Å². The van der Waals surface area contributed by atoms with Crippen LogP contribution in [0.1, 0.15) is 28.5 Å². The van der Waals surface area contributed by atoms with Crippen molar-refractivity contribution in [1.82, 2.24) is 4.98 Å². The number of aromatic nitrogens is 1. The number of esters is 1. The number of rotatable bonds is 4. The fourth-order valence-electron chi connectivity index (χ4n) is 2.50. The van der Waals surface area contributed by atoms with Crippen molar-refractivity contribution in [3.63, 3.8) is 0 Å². The molecule has 1 N–H and O–H groups in total. The number of H-pyrrole nitrogens is 1. The lowest BCUT2D eigenvalue weighted by Crippen LogP contribution is -2.04. The van der Waals surface area contributed by atoms with E-state index in [2.05, 4.69) is 23.2 Å². The molecule has 0 fully saturated rings. The highest BCUT2D eigenvalue weighted by molar-refractivity contribution is 5.95. The SMILES string of the molecule is CCOC(=O)c1cc2cccc(Cc3ccccc3)c2[nH]1. The van der Waals surface area contributed by atoms with Crippen molar-refractivity contribution in [3.05, 3.63) is 71.4 Å². The van der Waals surface area contributed by atoms with Gasteiger partial charge in [0.25, 0.3) is 0 Å². The number of ether oxygens (including phenoxy) is 1. The highest BCUT2D eigenvalue weighted by Gasteiger charge is 2.12. The van der Waals surface area contributed by atoms with Gasteiger partial charge in [-0.2, -0.15) is 0 Å². The lowest BCUT2D eigenvalue weighted by Gasteiger charge is -2.03. The number of carbonyl (C=O) groups excluding carboxylic acids is 1. The van der Waals surface area contributed by atoms with Gasteiger partial charge in [-0.3, -0.25) is 0 Å². The Bertz CT molecular complexity index is 759. The Balaban J connectivity index is 1.98. The number of benzene rings is 2. The molecule has 0 aliphatic rings. The van der Waals surface area contributed by atoms with Gasteiger partial charge < -0.3 is 9.72 Å². The summed E-state index contributed by atoms with van der Waals surface area (Å²) in [6, 6.07) is 18.2. The predicted octanol–water partition coefficient (Wildman–Crippen LogP) is 3.94. The maximum atomic E-state index is 11.8. The predicted molar refractivity (Wildman–Crippen MR) is 83.5 cm³/mol. The molecule has 1 heterocycles. The van der Waals surface area contributed by atoms with Crippen molar-refractivity contribution < 1.29 is 9.53 Å². The first-order valence-electron chi connectivity index (χ1n) is 7.09. The van der Waals surface area contributed by atoms with Gasteiger partial charge in [0, 0.05) is 10.9 Å². The number of nitrogens with one attached hydrogen (secondary N) is 1. The summed E-state index contributed by atoms with van der Waals surface area (Å²) in [5.74, 6) is -0.306. The molecule has 3 aromatic rings. The Kier molecular flexibility index (Phi) is 3.73. The standard InChI is InChI=1S/C18H17NO2/c1-2-21-18(20)16-12-15-10-6-9-14(17(15)19-16)11-13-7-4-3-5-8-13/h3-10,12,19H,2,11H2,1H3. The summed E-state index contributed by atoms with van der Waals surface area (Å²) in [6.45, 7) is 2.19.